The summed E-state index contributed by atoms with van der Waals surface area (Å²) < 4.78 is 20.0. The number of carbonyl (C=O) groups is 1. The zero-order valence-electron chi connectivity index (χ0n) is 15.8. The molecule has 0 saturated carbocycles. The van der Waals surface area contributed by atoms with Gasteiger partial charge in [-0.25, -0.2) is 9.18 Å². The Morgan fingerprint density at radius 2 is 2.15 bits per heavy atom. The molecule has 4 nitrogen and oxygen atoms in total. The molecule has 0 aromatic heterocycles. The number of hydrogen-bond acceptors (Lipinski definition) is 3. The summed E-state index contributed by atoms with van der Waals surface area (Å²) in [5.41, 5.74) is 5.12. The third-order valence-electron chi connectivity index (χ3n) is 5.50. The molecule has 0 fully saturated rings. The van der Waals surface area contributed by atoms with Crippen LogP contribution in [0.5, 0.6) is 5.75 Å². The number of fused-ring (bicyclic) bond motifs is 2. The number of rotatable bonds is 4. The van der Waals surface area contributed by atoms with Gasteiger partial charge in [0.2, 0.25) is 0 Å². The van der Waals surface area contributed by atoms with Crippen molar-refractivity contribution in [3.05, 3.63) is 52.8 Å². The van der Waals surface area contributed by atoms with Crippen LogP contribution >= 0.6 is 0 Å². The Labute approximate surface area is 159 Å². The average molecular weight is 368 g/mol. The van der Waals surface area contributed by atoms with Crippen molar-refractivity contribution < 1.29 is 13.9 Å². The lowest BCUT2D eigenvalue weighted by molar-refractivity contribution is 0.182. The minimum absolute atomic E-state index is 0.230. The first kappa shape index (κ1) is 18.0. The largest absolute Gasteiger partial charge is 0.412 e. The van der Waals surface area contributed by atoms with Gasteiger partial charge >= 0.3 is 6.09 Å². The second-order valence-electron chi connectivity index (χ2n) is 7.24. The summed E-state index contributed by atoms with van der Waals surface area (Å²) in [5, 5.41) is 2.66. The van der Waals surface area contributed by atoms with Crippen LogP contribution in [0.1, 0.15) is 43.0 Å². The van der Waals surface area contributed by atoms with Crippen LogP contribution in [0.25, 0.3) is 11.1 Å². The van der Waals surface area contributed by atoms with E-state index >= 15 is 0 Å². The number of nitrogens with one attached hydrogen (secondary N) is 1. The van der Waals surface area contributed by atoms with Crippen LogP contribution < -0.4 is 10.1 Å². The molecule has 1 N–H and O–H groups in total. The first-order valence-corrected chi connectivity index (χ1v) is 9.76. The van der Waals surface area contributed by atoms with Gasteiger partial charge in [-0.2, -0.15) is 0 Å². The molecule has 1 amide bonds. The van der Waals surface area contributed by atoms with Gasteiger partial charge in [0.05, 0.1) is 0 Å². The van der Waals surface area contributed by atoms with Crippen molar-refractivity contribution in [2.24, 2.45) is 0 Å². The Balaban J connectivity index is 1.85. The van der Waals surface area contributed by atoms with Crippen LogP contribution in [0.3, 0.4) is 0 Å². The summed E-state index contributed by atoms with van der Waals surface area (Å²) >= 11 is 0. The summed E-state index contributed by atoms with van der Waals surface area (Å²) in [7, 11) is 0. The number of amides is 1. The van der Waals surface area contributed by atoms with Crippen LogP contribution in [0.2, 0.25) is 0 Å². The van der Waals surface area contributed by atoms with Crippen molar-refractivity contribution in [2.45, 2.75) is 39.2 Å². The van der Waals surface area contributed by atoms with E-state index in [9.17, 15) is 9.18 Å². The highest BCUT2D eigenvalue weighted by atomic mass is 19.1. The topological polar surface area (TPSA) is 41.6 Å². The van der Waals surface area contributed by atoms with E-state index in [0.717, 1.165) is 54.6 Å². The molecule has 0 saturated heterocycles. The molecule has 0 radical (unpaired) electrons. The smallest absolute Gasteiger partial charge is 0.410 e. The van der Waals surface area contributed by atoms with Gasteiger partial charge in [0.25, 0.3) is 0 Å². The van der Waals surface area contributed by atoms with Gasteiger partial charge in [-0.3, -0.25) is 4.90 Å². The van der Waals surface area contributed by atoms with Gasteiger partial charge in [0, 0.05) is 24.7 Å². The lowest BCUT2D eigenvalue weighted by atomic mass is 9.76. The molecule has 1 unspecified atom stereocenters. The van der Waals surface area contributed by atoms with Crippen molar-refractivity contribution >= 4 is 6.09 Å². The van der Waals surface area contributed by atoms with Crippen LogP contribution in [-0.4, -0.2) is 30.6 Å². The minimum Gasteiger partial charge on any atom is -0.410 e. The standard InChI is InChI=1S/C22H25FN2O2/c1-3-9-25-10-8-15-11-16(23)13-17-20(15)18(25)12-14-6-5-7-19(21(14)17)27-22(26)24-4-2/h5-7,11,13,18H,3-4,8-10,12H2,1-2H3,(H,24,26). The van der Waals surface area contributed by atoms with E-state index in [4.69, 9.17) is 4.74 Å². The third kappa shape index (κ3) is 3.21. The quantitative estimate of drug-likeness (QED) is 0.866. The number of ether oxygens (including phenoxy) is 1. The van der Waals surface area contributed by atoms with Crippen molar-refractivity contribution in [1.82, 2.24) is 10.2 Å². The van der Waals surface area contributed by atoms with Crippen LogP contribution in [0, 0.1) is 5.82 Å². The number of carbonyl (C=O) groups excluding carboxylic acids is 1. The number of halogens is 1. The Bertz CT molecular complexity index is 881. The summed E-state index contributed by atoms with van der Waals surface area (Å²) in [5.74, 6) is 0.268. The molecule has 0 spiro atoms. The second-order valence-corrected chi connectivity index (χ2v) is 7.24. The molecular weight excluding hydrogens is 343 g/mol. The Kier molecular flexibility index (Phi) is 4.87. The van der Waals surface area contributed by atoms with E-state index in [-0.39, 0.29) is 11.9 Å². The molecule has 2 aromatic rings. The predicted molar refractivity (Wildman–Crippen MR) is 104 cm³/mol. The van der Waals surface area contributed by atoms with Crippen molar-refractivity contribution in [1.29, 1.82) is 0 Å². The molecule has 1 aliphatic carbocycles. The van der Waals surface area contributed by atoms with Crippen LogP contribution in [0.15, 0.2) is 30.3 Å². The molecule has 27 heavy (non-hydrogen) atoms. The monoisotopic (exact) mass is 368 g/mol. The Morgan fingerprint density at radius 3 is 2.93 bits per heavy atom. The second kappa shape index (κ2) is 7.31. The molecule has 2 aromatic carbocycles. The van der Waals surface area contributed by atoms with Crippen LogP contribution in [-0.2, 0) is 12.8 Å². The highest BCUT2D eigenvalue weighted by Gasteiger charge is 2.35. The maximum Gasteiger partial charge on any atom is 0.412 e. The molecule has 1 aliphatic heterocycles. The lowest BCUT2D eigenvalue weighted by Crippen LogP contribution is -2.39. The average Bonchev–Trinajstić information content (AvgIpc) is 2.64. The van der Waals surface area contributed by atoms with E-state index in [1.807, 2.05) is 13.0 Å². The molecule has 4 rings (SSSR count). The number of hydrogen-bond donors (Lipinski definition) is 1. The maximum atomic E-state index is 14.4. The number of benzene rings is 2. The first-order valence-electron chi connectivity index (χ1n) is 9.76. The van der Waals surface area contributed by atoms with E-state index < -0.39 is 6.09 Å². The van der Waals surface area contributed by atoms with Gasteiger partial charge in [-0.05, 0) is 73.2 Å². The maximum absolute atomic E-state index is 14.4. The van der Waals surface area contributed by atoms with Gasteiger partial charge in [0.1, 0.15) is 11.6 Å². The molecule has 1 atom stereocenters. The van der Waals surface area contributed by atoms with E-state index in [0.29, 0.717) is 12.3 Å². The lowest BCUT2D eigenvalue weighted by Gasteiger charge is -2.42. The fraction of sp³-hybridized carbons (Fsp3) is 0.409. The molecule has 2 aliphatic rings. The van der Waals surface area contributed by atoms with Crippen molar-refractivity contribution in [2.75, 3.05) is 19.6 Å². The van der Waals surface area contributed by atoms with Crippen molar-refractivity contribution in [3.8, 4) is 16.9 Å². The molecule has 1 heterocycles. The molecule has 0 bridgehead atoms. The highest BCUT2D eigenvalue weighted by Crippen LogP contribution is 2.48. The normalized spacial score (nSPS) is 17.8. The summed E-state index contributed by atoms with van der Waals surface area (Å²) in [6.07, 6.45) is 2.32. The SMILES string of the molecule is CCCN1CCc2cc(F)cc3c2C1Cc1cccc(OC(=O)NCC)c1-3. The minimum atomic E-state index is -0.481. The molecule has 5 heteroatoms. The van der Waals surface area contributed by atoms with Crippen LogP contribution in [0.4, 0.5) is 9.18 Å². The fourth-order valence-corrected chi connectivity index (χ4v) is 4.50. The highest BCUT2D eigenvalue weighted by molar-refractivity contribution is 5.83. The van der Waals surface area contributed by atoms with E-state index in [1.165, 1.54) is 5.56 Å². The molecular formula is C22H25FN2O2. The Hall–Kier alpha value is -2.40. The van der Waals surface area contributed by atoms with E-state index in [2.05, 4.69) is 23.2 Å². The van der Waals surface area contributed by atoms with Gasteiger partial charge in [0.15, 0.2) is 0 Å². The number of nitrogens with zero attached hydrogens (tertiary/aromatic N) is 1. The van der Waals surface area contributed by atoms with E-state index in [1.54, 1.807) is 18.2 Å². The first-order chi connectivity index (χ1) is 13.1. The predicted octanol–water partition coefficient (Wildman–Crippen LogP) is 4.47. The van der Waals surface area contributed by atoms with Crippen molar-refractivity contribution in [3.63, 3.8) is 0 Å². The summed E-state index contributed by atoms with van der Waals surface area (Å²) in [6, 6.07) is 9.30. The molecule has 142 valence electrons. The zero-order chi connectivity index (χ0) is 19.0. The summed E-state index contributed by atoms with van der Waals surface area (Å²) in [4.78, 5) is 14.5. The third-order valence-corrected chi connectivity index (χ3v) is 5.50. The van der Waals surface area contributed by atoms with Gasteiger partial charge in [-0.1, -0.05) is 19.1 Å². The Morgan fingerprint density at radius 1 is 1.30 bits per heavy atom. The van der Waals surface area contributed by atoms with Gasteiger partial charge in [-0.15, -0.1) is 0 Å². The van der Waals surface area contributed by atoms with Gasteiger partial charge < -0.3 is 10.1 Å². The fourth-order valence-electron chi connectivity index (χ4n) is 4.50. The zero-order valence-corrected chi connectivity index (χ0v) is 15.8. The summed E-state index contributed by atoms with van der Waals surface area (Å²) in [6.45, 7) is 6.52.